The summed E-state index contributed by atoms with van der Waals surface area (Å²) in [6.07, 6.45) is -1.31. The third-order valence-corrected chi connectivity index (χ3v) is 0.376. The van der Waals surface area contributed by atoms with Gasteiger partial charge < -0.3 is 4.74 Å². The summed E-state index contributed by atoms with van der Waals surface area (Å²) in [6, 6.07) is 0. The van der Waals surface area contributed by atoms with Crippen LogP contribution in [0.1, 0.15) is 0 Å². The summed E-state index contributed by atoms with van der Waals surface area (Å²) in [5.41, 5.74) is 0. The Bertz CT molecular complexity index is 38.7. The Morgan fingerprint density at radius 2 is 2.29 bits per heavy atom. The zero-order chi connectivity index (χ0) is 5.70. The van der Waals surface area contributed by atoms with Crippen molar-refractivity contribution in [3.63, 3.8) is 0 Å². The maximum absolute atomic E-state index is 11.5. The van der Waals surface area contributed by atoms with Gasteiger partial charge in [0.1, 0.15) is 6.17 Å². The van der Waals surface area contributed by atoms with Crippen molar-refractivity contribution in [1.29, 1.82) is 0 Å². The van der Waals surface area contributed by atoms with Gasteiger partial charge in [-0.1, -0.05) is 0 Å². The zero-order valence-electron chi connectivity index (χ0n) is 3.86. The zero-order valence-corrected chi connectivity index (χ0v) is 3.86. The Morgan fingerprint density at radius 3 is 2.43 bits per heavy atom. The van der Waals surface area contributed by atoms with Crippen molar-refractivity contribution < 1.29 is 13.5 Å². The molecule has 0 saturated carbocycles. The van der Waals surface area contributed by atoms with E-state index in [9.17, 15) is 8.78 Å². The first-order valence-electron chi connectivity index (χ1n) is 1.88. The molecule has 3 heteroatoms. The van der Waals surface area contributed by atoms with Crippen LogP contribution in [0.5, 0.6) is 0 Å². The van der Waals surface area contributed by atoms with Crippen LogP contribution in [0.3, 0.4) is 0 Å². The molecule has 1 radical (unpaired) electrons. The van der Waals surface area contributed by atoms with Crippen molar-refractivity contribution in [2.75, 3.05) is 13.5 Å². The molecule has 1 nitrogen and oxygen atoms in total. The average molecular weight is 109 g/mol. The SMILES string of the molecule is [CH2]C(F)COCF. The van der Waals surface area contributed by atoms with Crippen molar-refractivity contribution in [2.24, 2.45) is 0 Å². The van der Waals surface area contributed by atoms with E-state index in [0.29, 0.717) is 0 Å². The quantitative estimate of drug-likeness (QED) is 0.527. The summed E-state index contributed by atoms with van der Waals surface area (Å²) in [4.78, 5) is 0. The third kappa shape index (κ3) is 5.82. The molecule has 0 rings (SSSR count). The van der Waals surface area contributed by atoms with Crippen LogP contribution in [-0.4, -0.2) is 19.6 Å². The lowest BCUT2D eigenvalue weighted by molar-refractivity contribution is 0.0344. The molecule has 0 spiro atoms. The van der Waals surface area contributed by atoms with E-state index in [1.807, 2.05) is 0 Å². The lowest BCUT2D eigenvalue weighted by atomic mass is 10.5. The van der Waals surface area contributed by atoms with Gasteiger partial charge >= 0.3 is 0 Å². The van der Waals surface area contributed by atoms with Crippen LogP contribution in [0.15, 0.2) is 0 Å². The molecule has 0 aliphatic carbocycles. The summed E-state index contributed by atoms with van der Waals surface area (Å²) >= 11 is 0. The van der Waals surface area contributed by atoms with Crippen LogP contribution in [-0.2, 0) is 4.74 Å². The first-order valence-corrected chi connectivity index (χ1v) is 1.88. The van der Waals surface area contributed by atoms with Crippen molar-refractivity contribution in [3.05, 3.63) is 6.92 Å². The Hall–Kier alpha value is -0.180. The number of hydrogen-bond acceptors (Lipinski definition) is 1. The minimum atomic E-state index is -1.31. The van der Waals surface area contributed by atoms with Crippen LogP contribution in [0.25, 0.3) is 0 Å². The number of ether oxygens (including phenoxy) is 1. The van der Waals surface area contributed by atoms with Crippen molar-refractivity contribution in [3.8, 4) is 0 Å². The fraction of sp³-hybridized carbons (Fsp3) is 0.750. The van der Waals surface area contributed by atoms with E-state index < -0.39 is 13.0 Å². The van der Waals surface area contributed by atoms with E-state index in [1.165, 1.54) is 0 Å². The molecule has 7 heavy (non-hydrogen) atoms. The number of hydrogen-bond donors (Lipinski definition) is 0. The molecule has 0 aliphatic heterocycles. The lowest BCUT2D eigenvalue weighted by Crippen LogP contribution is -2.04. The first-order chi connectivity index (χ1) is 3.27. The van der Waals surface area contributed by atoms with E-state index in [1.54, 1.807) is 0 Å². The molecular formula is C4H7F2O. The fourth-order valence-electron chi connectivity index (χ4n) is 0.172. The molecule has 1 unspecified atom stereocenters. The predicted molar refractivity (Wildman–Crippen MR) is 22.2 cm³/mol. The molecule has 0 aliphatic rings. The standard InChI is InChI=1S/C4H7F2O/c1-4(6)2-7-3-5/h4H,1-3H2. The molecule has 0 N–H and O–H groups in total. The van der Waals surface area contributed by atoms with E-state index in [0.717, 1.165) is 0 Å². The van der Waals surface area contributed by atoms with Gasteiger partial charge in [0.25, 0.3) is 0 Å². The predicted octanol–water partition coefficient (Wildman–Crippen LogP) is 1.10. The highest BCUT2D eigenvalue weighted by atomic mass is 19.1. The Morgan fingerprint density at radius 1 is 1.71 bits per heavy atom. The van der Waals surface area contributed by atoms with E-state index in [2.05, 4.69) is 11.7 Å². The van der Waals surface area contributed by atoms with Gasteiger partial charge in [0, 0.05) is 0 Å². The number of halogens is 2. The second-order valence-corrected chi connectivity index (χ2v) is 1.08. The van der Waals surface area contributed by atoms with E-state index in [-0.39, 0.29) is 6.61 Å². The molecular weight excluding hydrogens is 102 g/mol. The Kier molecular flexibility index (Phi) is 3.89. The first kappa shape index (κ1) is 6.82. The summed E-state index contributed by atoms with van der Waals surface area (Å²) in [7, 11) is 0. The van der Waals surface area contributed by atoms with E-state index in [4.69, 9.17) is 0 Å². The second-order valence-electron chi connectivity index (χ2n) is 1.08. The lowest BCUT2D eigenvalue weighted by Gasteiger charge is -1.96. The molecule has 43 valence electrons. The van der Waals surface area contributed by atoms with Crippen molar-refractivity contribution >= 4 is 0 Å². The fourth-order valence-corrected chi connectivity index (χ4v) is 0.172. The largest absolute Gasteiger partial charge is 0.347 e. The molecule has 0 aromatic heterocycles. The highest BCUT2D eigenvalue weighted by molar-refractivity contribution is 4.52. The normalized spacial score (nSPS) is 14.1. The second kappa shape index (κ2) is 3.99. The topological polar surface area (TPSA) is 9.23 Å². The summed E-state index contributed by atoms with van der Waals surface area (Å²) in [5, 5.41) is 0. The minimum absolute atomic E-state index is 0.253. The molecule has 0 bridgehead atoms. The monoisotopic (exact) mass is 109 g/mol. The summed E-state index contributed by atoms with van der Waals surface area (Å²) in [6.45, 7) is 1.73. The number of alkyl halides is 2. The van der Waals surface area contributed by atoms with Crippen LogP contribution < -0.4 is 0 Å². The highest BCUT2D eigenvalue weighted by Gasteiger charge is 1.94. The smallest absolute Gasteiger partial charge is 0.188 e. The summed E-state index contributed by atoms with van der Waals surface area (Å²) in [5.74, 6) is 0. The maximum Gasteiger partial charge on any atom is 0.188 e. The molecule has 0 aromatic carbocycles. The minimum Gasteiger partial charge on any atom is -0.347 e. The molecule has 0 heterocycles. The third-order valence-electron chi connectivity index (χ3n) is 0.376. The molecule has 0 fully saturated rings. The highest BCUT2D eigenvalue weighted by Crippen LogP contribution is 1.87. The van der Waals surface area contributed by atoms with Gasteiger partial charge in [-0.25, -0.2) is 8.78 Å². The van der Waals surface area contributed by atoms with Gasteiger partial charge in [-0.3, -0.25) is 0 Å². The van der Waals surface area contributed by atoms with E-state index >= 15 is 0 Å². The molecule has 0 amide bonds. The Balaban J connectivity index is 2.68. The molecule has 0 saturated heterocycles. The van der Waals surface area contributed by atoms with Gasteiger partial charge in [-0.15, -0.1) is 0 Å². The van der Waals surface area contributed by atoms with Crippen molar-refractivity contribution in [2.45, 2.75) is 6.17 Å². The van der Waals surface area contributed by atoms with Crippen LogP contribution >= 0.6 is 0 Å². The van der Waals surface area contributed by atoms with Gasteiger partial charge in [0.05, 0.1) is 6.61 Å². The van der Waals surface area contributed by atoms with Crippen LogP contribution in [0, 0.1) is 6.92 Å². The molecule has 1 atom stereocenters. The van der Waals surface area contributed by atoms with Gasteiger partial charge in [0.15, 0.2) is 6.86 Å². The maximum atomic E-state index is 11.5. The van der Waals surface area contributed by atoms with Crippen LogP contribution in [0.2, 0.25) is 0 Å². The van der Waals surface area contributed by atoms with Crippen molar-refractivity contribution in [1.82, 2.24) is 0 Å². The summed E-state index contributed by atoms with van der Waals surface area (Å²) < 4.78 is 26.4. The van der Waals surface area contributed by atoms with Gasteiger partial charge in [0.2, 0.25) is 0 Å². The Labute approximate surface area is 41.3 Å². The number of rotatable bonds is 3. The van der Waals surface area contributed by atoms with Gasteiger partial charge in [-0.05, 0) is 6.92 Å². The average Bonchev–Trinajstić information content (AvgIpc) is 1.61. The molecule has 0 aromatic rings. The van der Waals surface area contributed by atoms with Gasteiger partial charge in [-0.2, -0.15) is 0 Å². The van der Waals surface area contributed by atoms with Crippen LogP contribution in [0.4, 0.5) is 8.78 Å².